The molecule has 0 bridgehead atoms. The first-order chi connectivity index (χ1) is 11.6. The van der Waals surface area contributed by atoms with Crippen molar-refractivity contribution in [1.82, 2.24) is 0 Å². The number of cyclic esters (lactones) is 2. The molecule has 1 saturated heterocycles. The number of methoxy groups -OCH3 is 1. The van der Waals surface area contributed by atoms with Crippen LogP contribution in [0.25, 0.3) is 0 Å². The number of hydrogen-bond acceptors (Lipinski definition) is 8. The zero-order valence-electron chi connectivity index (χ0n) is 13.2. The lowest BCUT2D eigenvalue weighted by atomic mass is 10.2. The van der Waals surface area contributed by atoms with Crippen molar-refractivity contribution in [2.75, 3.05) is 12.4 Å². The maximum Gasteiger partial charge on any atom is 0.350 e. The van der Waals surface area contributed by atoms with Crippen LogP contribution in [-0.4, -0.2) is 29.8 Å². The van der Waals surface area contributed by atoms with E-state index < -0.39 is 28.2 Å². The number of nitro groups is 1. The van der Waals surface area contributed by atoms with Crippen LogP contribution in [0.15, 0.2) is 22.3 Å². The van der Waals surface area contributed by atoms with Gasteiger partial charge in [0.2, 0.25) is 5.75 Å². The smallest absolute Gasteiger partial charge is 0.350 e. The lowest BCUT2D eigenvalue weighted by molar-refractivity contribution is -0.384. The van der Waals surface area contributed by atoms with Crippen LogP contribution in [0.2, 0.25) is 0 Å². The maximum absolute atomic E-state index is 11.9. The predicted octanol–water partition coefficient (Wildman–Crippen LogP) is 3.10. The van der Waals surface area contributed by atoms with E-state index in [0.717, 1.165) is 6.20 Å². The SMILES string of the molecule is COc1c(Br)cc(I)c(NC=C2C(=O)OC(C)(C)OC2=O)c1[N+](=O)[O-]. The molecule has 2 rings (SSSR count). The van der Waals surface area contributed by atoms with Crippen LogP contribution in [-0.2, 0) is 19.1 Å². The number of anilines is 1. The Balaban J connectivity index is 2.46. The second-order valence-corrected chi connectivity index (χ2v) is 7.25. The maximum atomic E-state index is 11.9. The molecule has 11 heteroatoms. The standard InChI is InChI=1S/C14H12BrIN2O7/c1-14(2)24-12(19)6(13(20)25-14)5-17-9-8(16)4-7(15)11(23-3)10(9)18(21)22/h4-5,17H,1-3H3. The number of carbonyl (C=O) groups excluding carboxylic acids is 2. The Morgan fingerprint density at radius 1 is 1.36 bits per heavy atom. The van der Waals surface area contributed by atoms with Crippen molar-refractivity contribution < 1.29 is 28.7 Å². The van der Waals surface area contributed by atoms with Crippen molar-refractivity contribution in [1.29, 1.82) is 0 Å². The summed E-state index contributed by atoms with van der Waals surface area (Å²) in [5.41, 5.74) is -0.703. The highest BCUT2D eigenvalue weighted by Gasteiger charge is 2.39. The molecule has 25 heavy (non-hydrogen) atoms. The van der Waals surface area contributed by atoms with Gasteiger partial charge >= 0.3 is 17.6 Å². The molecule has 1 N–H and O–H groups in total. The fourth-order valence-corrected chi connectivity index (χ4v) is 3.75. The van der Waals surface area contributed by atoms with Gasteiger partial charge in [0.05, 0.1) is 16.5 Å². The van der Waals surface area contributed by atoms with E-state index in [1.165, 1.54) is 21.0 Å². The van der Waals surface area contributed by atoms with Crippen molar-refractivity contribution in [3.05, 3.63) is 36.0 Å². The molecule has 9 nitrogen and oxygen atoms in total. The summed E-state index contributed by atoms with van der Waals surface area (Å²) in [7, 11) is 1.29. The van der Waals surface area contributed by atoms with E-state index in [4.69, 9.17) is 14.2 Å². The molecular formula is C14H12BrIN2O7. The Morgan fingerprint density at radius 2 is 1.92 bits per heavy atom. The number of rotatable bonds is 4. The lowest BCUT2D eigenvalue weighted by Gasteiger charge is -2.29. The highest BCUT2D eigenvalue weighted by Crippen LogP contribution is 2.43. The summed E-state index contributed by atoms with van der Waals surface area (Å²) >= 11 is 5.07. The molecule has 0 amide bonds. The summed E-state index contributed by atoms with van der Waals surface area (Å²) in [5, 5.41) is 14.0. The number of ether oxygens (including phenoxy) is 3. The number of nitrogens with one attached hydrogen (secondary N) is 1. The van der Waals surface area contributed by atoms with Crippen LogP contribution in [0.3, 0.4) is 0 Å². The van der Waals surface area contributed by atoms with Crippen molar-refractivity contribution in [2.45, 2.75) is 19.6 Å². The molecule has 1 aromatic carbocycles. The molecule has 1 aliphatic heterocycles. The molecule has 1 fully saturated rings. The normalized spacial score (nSPS) is 16.0. The molecule has 134 valence electrons. The summed E-state index contributed by atoms with van der Waals surface area (Å²) in [5.74, 6) is -3.15. The summed E-state index contributed by atoms with van der Waals surface area (Å²) in [6, 6.07) is 1.59. The second-order valence-electron chi connectivity index (χ2n) is 5.24. The third-order valence-corrected chi connectivity index (χ3v) is 4.47. The van der Waals surface area contributed by atoms with E-state index in [-0.39, 0.29) is 17.1 Å². The van der Waals surface area contributed by atoms with E-state index in [9.17, 15) is 19.7 Å². The van der Waals surface area contributed by atoms with E-state index in [1.54, 1.807) is 6.07 Å². The largest absolute Gasteiger partial charge is 0.489 e. The van der Waals surface area contributed by atoms with Crippen LogP contribution in [0.5, 0.6) is 5.75 Å². The van der Waals surface area contributed by atoms with Gasteiger partial charge in [-0.1, -0.05) is 0 Å². The van der Waals surface area contributed by atoms with Gasteiger partial charge in [0.15, 0.2) is 5.57 Å². The van der Waals surface area contributed by atoms with Crippen molar-refractivity contribution in [2.24, 2.45) is 0 Å². The number of hydrogen-bond donors (Lipinski definition) is 1. The summed E-state index contributed by atoms with van der Waals surface area (Å²) < 4.78 is 15.8. The van der Waals surface area contributed by atoms with E-state index >= 15 is 0 Å². The minimum atomic E-state index is -1.37. The van der Waals surface area contributed by atoms with E-state index in [0.29, 0.717) is 8.04 Å². The molecule has 0 spiro atoms. The zero-order valence-corrected chi connectivity index (χ0v) is 17.0. The number of esters is 2. The van der Waals surface area contributed by atoms with Gasteiger partial charge < -0.3 is 19.5 Å². The van der Waals surface area contributed by atoms with Crippen LogP contribution in [0, 0.1) is 13.7 Å². The van der Waals surface area contributed by atoms with Crippen LogP contribution >= 0.6 is 38.5 Å². The fourth-order valence-electron chi connectivity index (χ4n) is 2.02. The average Bonchev–Trinajstić information content (AvgIpc) is 2.46. The van der Waals surface area contributed by atoms with Gasteiger partial charge in [0.25, 0.3) is 5.79 Å². The molecule has 1 heterocycles. The molecule has 1 aromatic rings. The lowest BCUT2D eigenvalue weighted by Crippen LogP contribution is -2.42. The topological polar surface area (TPSA) is 117 Å². The van der Waals surface area contributed by atoms with E-state index in [2.05, 4.69) is 21.2 Å². The summed E-state index contributed by atoms with van der Waals surface area (Å²) in [6.45, 7) is 2.83. The van der Waals surface area contributed by atoms with Crippen molar-refractivity contribution in [3.63, 3.8) is 0 Å². The monoisotopic (exact) mass is 526 g/mol. The minimum absolute atomic E-state index is 0.00115. The highest BCUT2D eigenvalue weighted by atomic mass is 127. The van der Waals surface area contributed by atoms with Gasteiger partial charge in [0, 0.05) is 23.6 Å². The molecule has 0 radical (unpaired) electrons. The second kappa shape index (κ2) is 7.15. The number of halogens is 2. The molecule has 0 saturated carbocycles. The first-order valence-electron chi connectivity index (χ1n) is 6.71. The molecule has 0 aromatic heterocycles. The quantitative estimate of drug-likeness (QED) is 0.159. The Bertz CT molecular complexity index is 785. The van der Waals surface area contributed by atoms with E-state index in [1.807, 2.05) is 22.6 Å². The van der Waals surface area contributed by atoms with Crippen molar-refractivity contribution in [3.8, 4) is 5.75 Å². The van der Waals surface area contributed by atoms with Crippen LogP contribution in [0.4, 0.5) is 11.4 Å². The Labute approximate surface area is 164 Å². The average molecular weight is 527 g/mol. The number of nitrogens with zero attached hydrogens (tertiary/aromatic N) is 1. The molecular weight excluding hydrogens is 515 g/mol. The van der Waals surface area contributed by atoms with Gasteiger partial charge in [-0.3, -0.25) is 10.1 Å². The number of nitro benzene ring substituents is 1. The molecule has 1 aliphatic rings. The number of benzene rings is 1. The Morgan fingerprint density at radius 3 is 2.40 bits per heavy atom. The fraction of sp³-hybridized carbons (Fsp3) is 0.286. The first-order valence-corrected chi connectivity index (χ1v) is 8.58. The van der Waals surface area contributed by atoms with Gasteiger partial charge in [0.1, 0.15) is 5.69 Å². The third-order valence-electron chi connectivity index (χ3n) is 3.03. The third kappa shape index (κ3) is 4.03. The van der Waals surface area contributed by atoms with Crippen molar-refractivity contribution >= 4 is 61.8 Å². The summed E-state index contributed by atoms with van der Waals surface area (Å²) in [6.07, 6.45) is 1.01. The van der Waals surface area contributed by atoms with Gasteiger partial charge in [-0.15, -0.1) is 0 Å². The van der Waals surface area contributed by atoms with Crippen LogP contribution < -0.4 is 10.1 Å². The molecule has 0 atom stereocenters. The van der Waals surface area contributed by atoms with Crippen LogP contribution in [0.1, 0.15) is 13.8 Å². The molecule has 0 aliphatic carbocycles. The Kier molecular flexibility index (Phi) is 5.56. The summed E-state index contributed by atoms with van der Waals surface area (Å²) in [4.78, 5) is 34.6. The van der Waals surface area contributed by atoms with Gasteiger partial charge in [-0.2, -0.15) is 0 Å². The zero-order chi connectivity index (χ0) is 18.9. The van der Waals surface area contributed by atoms with Gasteiger partial charge in [-0.25, -0.2) is 9.59 Å². The Hall–Kier alpha value is -1.89. The highest BCUT2D eigenvalue weighted by molar-refractivity contribution is 14.1. The van der Waals surface area contributed by atoms with Gasteiger partial charge in [-0.05, 0) is 44.6 Å². The molecule has 0 unspecified atom stereocenters. The number of carbonyl (C=O) groups is 2. The predicted molar refractivity (Wildman–Crippen MR) is 98.0 cm³/mol. The minimum Gasteiger partial charge on any atom is -0.489 e. The first kappa shape index (κ1) is 19.4.